The molecule has 3 aliphatic heterocycles. The number of ether oxygens (including phenoxy) is 1. The zero-order chi connectivity index (χ0) is 22.5. The van der Waals surface area contributed by atoms with E-state index in [2.05, 4.69) is 10.6 Å². The van der Waals surface area contributed by atoms with E-state index >= 15 is 0 Å². The zero-order valence-electron chi connectivity index (χ0n) is 19.3. The summed E-state index contributed by atoms with van der Waals surface area (Å²) in [4.78, 5) is 42.3. The fourth-order valence-corrected chi connectivity index (χ4v) is 6.75. The SMILES string of the molecule is CC(C)CN1C(=O)[C@H]2[C@@H](C(=O)NC3CCCCC3)[C@H]3C=C[C@]2(O3)[C@H]1C(=O)NC1CCCC1. The molecule has 5 aliphatic rings. The third-order valence-corrected chi connectivity index (χ3v) is 8.14. The van der Waals surface area contributed by atoms with Crippen molar-refractivity contribution in [1.29, 1.82) is 0 Å². The first-order chi connectivity index (χ1) is 15.4. The molecule has 5 rings (SSSR count). The molecule has 2 bridgehead atoms. The molecule has 7 nitrogen and oxygen atoms in total. The minimum atomic E-state index is -1.03. The van der Waals surface area contributed by atoms with Crippen LogP contribution in [0.25, 0.3) is 0 Å². The van der Waals surface area contributed by atoms with Crippen LogP contribution in [0.1, 0.15) is 71.6 Å². The van der Waals surface area contributed by atoms with E-state index < -0.39 is 29.6 Å². The van der Waals surface area contributed by atoms with Gasteiger partial charge in [-0.3, -0.25) is 14.4 Å². The smallest absolute Gasteiger partial charge is 0.246 e. The Morgan fingerprint density at radius 2 is 1.62 bits per heavy atom. The lowest BCUT2D eigenvalue weighted by atomic mass is 9.74. The van der Waals surface area contributed by atoms with Gasteiger partial charge in [0.2, 0.25) is 17.7 Å². The summed E-state index contributed by atoms with van der Waals surface area (Å²) in [6.07, 6.45) is 13.1. The fourth-order valence-electron chi connectivity index (χ4n) is 6.75. The molecule has 3 amide bonds. The van der Waals surface area contributed by atoms with Gasteiger partial charge in [0.15, 0.2) is 0 Å². The van der Waals surface area contributed by atoms with Crippen LogP contribution in [0.4, 0.5) is 0 Å². The van der Waals surface area contributed by atoms with E-state index in [1.165, 1.54) is 6.42 Å². The second-order valence-corrected chi connectivity index (χ2v) is 10.9. The van der Waals surface area contributed by atoms with E-state index in [0.717, 1.165) is 51.4 Å². The Kier molecular flexibility index (Phi) is 5.81. The van der Waals surface area contributed by atoms with Gasteiger partial charge in [-0.1, -0.05) is 58.1 Å². The lowest BCUT2D eigenvalue weighted by molar-refractivity contribution is -0.142. The molecule has 7 heteroatoms. The van der Waals surface area contributed by atoms with Crippen LogP contribution in [-0.2, 0) is 19.1 Å². The molecule has 0 aromatic rings. The number of carbonyl (C=O) groups excluding carboxylic acids is 3. The molecule has 2 saturated heterocycles. The molecule has 0 radical (unpaired) electrons. The Balaban J connectivity index is 1.41. The highest BCUT2D eigenvalue weighted by molar-refractivity contribution is 6.00. The Hall–Kier alpha value is -1.89. The normalized spacial score (nSPS) is 36.8. The van der Waals surface area contributed by atoms with Gasteiger partial charge < -0.3 is 20.3 Å². The lowest BCUT2D eigenvalue weighted by Crippen LogP contribution is -2.56. The molecule has 1 spiro atoms. The van der Waals surface area contributed by atoms with Crippen molar-refractivity contribution in [3.63, 3.8) is 0 Å². The maximum absolute atomic E-state index is 13.7. The molecule has 5 atom stereocenters. The van der Waals surface area contributed by atoms with Crippen LogP contribution in [0.15, 0.2) is 12.2 Å². The molecular formula is C25H37N3O4. The maximum atomic E-state index is 13.7. The molecule has 0 unspecified atom stereocenters. The van der Waals surface area contributed by atoms with Gasteiger partial charge in [0.05, 0.1) is 17.9 Å². The number of amides is 3. The van der Waals surface area contributed by atoms with Crippen molar-refractivity contribution >= 4 is 17.7 Å². The molecule has 32 heavy (non-hydrogen) atoms. The minimum Gasteiger partial charge on any atom is -0.359 e. The van der Waals surface area contributed by atoms with Crippen molar-refractivity contribution in [3.05, 3.63) is 12.2 Å². The summed E-state index contributed by atoms with van der Waals surface area (Å²) in [6.45, 7) is 4.58. The van der Waals surface area contributed by atoms with Crippen molar-refractivity contribution in [2.45, 2.75) is 101 Å². The first-order valence-corrected chi connectivity index (χ1v) is 12.7. The van der Waals surface area contributed by atoms with Gasteiger partial charge in [0.1, 0.15) is 11.6 Å². The molecule has 2 N–H and O–H groups in total. The summed E-state index contributed by atoms with van der Waals surface area (Å²) in [5.41, 5.74) is -1.03. The van der Waals surface area contributed by atoms with Crippen molar-refractivity contribution in [1.82, 2.24) is 15.5 Å². The third-order valence-electron chi connectivity index (χ3n) is 8.14. The molecular weight excluding hydrogens is 406 g/mol. The summed E-state index contributed by atoms with van der Waals surface area (Å²) >= 11 is 0. The Morgan fingerprint density at radius 3 is 2.25 bits per heavy atom. The average Bonchev–Trinajstić information content (AvgIpc) is 3.51. The number of nitrogens with one attached hydrogen (secondary N) is 2. The second kappa shape index (κ2) is 8.47. The molecule has 2 aliphatic carbocycles. The third kappa shape index (κ3) is 3.57. The van der Waals surface area contributed by atoms with E-state index in [1.807, 2.05) is 26.0 Å². The van der Waals surface area contributed by atoms with Crippen LogP contribution in [0.2, 0.25) is 0 Å². The highest BCUT2D eigenvalue weighted by Crippen LogP contribution is 2.55. The van der Waals surface area contributed by atoms with E-state index in [4.69, 9.17) is 4.74 Å². The number of hydrogen-bond acceptors (Lipinski definition) is 4. The quantitative estimate of drug-likeness (QED) is 0.617. The van der Waals surface area contributed by atoms with Gasteiger partial charge in [-0.15, -0.1) is 0 Å². The first-order valence-electron chi connectivity index (χ1n) is 12.7. The van der Waals surface area contributed by atoms with Gasteiger partial charge in [-0.25, -0.2) is 0 Å². The van der Waals surface area contributed by atoms with Crippen LogP contribution in [0, 0.1) is 17.8 Å². The first kappa shape index (κ1) is 21.9. The topological polar surface area (TPSA) is 87.7 Å². The number of fused-ring (bicyclic) bond motifs is 1. The minimum absolute atomic E-state index is 0.0900. The van der Waals surface area contributed by atoms with Crippen LogP contribution in [0.3, 0.4) is 0 Å². The van der Waals surface area contributed by atoms with Crippen LogP contribution in [-0.4, -0.2) is 59.0 Å². The number of rotatable bonds is 6. The summed E-state index contributed by atoms with van der Waals surface area (Å²) < 4.78 is 6.39. The van der Waals surface area contributed by atoms with Gasteiger partial charge in [-0.2, -0.15) is 0 Å². The largest absolute Gasteiger partial charge is 0.359 e. The Labute approximate surface area is 190 Å². The van der Waals surface area contributed by atoms with E-state index in [-0.39, 0.29) is 35.7 Å². The summed E-state index contributed by atoms with van der Waals surface area (Å²) in [5.74, 6) is -1.31. The fraction of sp³-hybridized carbons (Fsp3) is 0.800. The van der Waals surface area contributed by atoms with Gasteiger partial charge >= 0.3 is 0 Å². The van der Waals surface area contributed by atoms with Crippen molar-refractivity contribution in [3.8, 4) is 0 Å². The number of hydrogen-bond donors (Lipinski definition) is 2. The van der Waals surface area contributed by atoms with Crippen molar-refractivity contribution in [2.75, 3.05) is 6.54 Å². The standard InChI is InChI=1S/C25H37N3O4/c1-15(2)14-28-21(23(30)27-17-10-6-7-11-17)25-13-12-18(32-25)19(20(25)24(28)31)22(29)26-16-8-4-3-5-9-16/h12-13,15-21H,3-11,14H2,1-2H3,(H,26,29)(H,27,30)/t18-,19+,20-,21-,25-/m1/s1. The molecule has 0 aromatic heterocycles. The van der Waals surface area contributed by atoms with Crippen LogP contribution in [0.5, 0.6) is 0 Å². The number of likely N-dealkylation sites (tertiary alicyclic amines) is 1. The number of carbonyl (C=O) groups is 3. The molecule has 3 heterocycles. The molecule has 4 fully saturated rings. The van der Waals surface area contributed by atoms with Crippen LogP contribution < -0.4 is 10.6 Å². The monoisotopic (exact) mass is 443 g/mol. The van der Waals surface area contributed by atoms with Gasteiger partial charge in [0, 0.05) is 18.6 Å². The molecule has 176 valence electrons. The molecule has 0 aromatic carbocycles. The average molecular weight is 444 g/mol. The summed E-state index contributed by atoms with van der Waals surface area (Å²) in [6, 6.07) is -0.362. The predicted octanol–water partition coefficient (Wildman–Crippen LogP) is 2.30. The highest BCUT2D eigenvalue weighted by atomic mass is 16.5. The highest BCUT2D eigenvalue weighted by Gasteiger charge is 2.72. The maximum Gasteiger partial charge on any atom is 0.246 e. The van der Waals surface area contributed by atoms with E-state index in [9.17, 15) is 14.4 Å². The van der Waals surface area contributed by atoms with Gasteiger partial charge in [0.25, 0.3) is 0 Å². The summed E-state index contributed by atoms with van der Waals surface area (Å²) in [5, 5.41) is 6.41. The second-order valence-electron chi connectivity index (χ2n) is 10.9. The lowest BCUT2D eigenvalue weighted by Gasteiger charge is -2.33. The van der Waals surface area contributed by atoms with Crippen LogP contribution >= 0.6 is 0 Å². The molecule has 2 saturated carbocycles. The Bertz CT molecular complexity index is 799. The van der Waals surface area contributed by atoms with Gasteiger partial charge in [-0.05, 0) is 31.6 Å². The van der Waals surface area contributed by atoms with E-state index in [0.29, 0.717) is 6.54 Å². The van der Waals surface area contributed by atoms with Crippen molar-refractivity contribution < 1.29 is 19.1 Å². The van der Waals surface area contributed by atoms with Crippen molar-refractivity contribution in [2.24, 2.45) is 17.8 Å². The predicted molar refractivity (Wildman–Crippen MR) is 119 cm³/mol. The van der Waals surface area contributed by atoms with E-state index in [1.54, 1.807) is 4.90 Å². The summed E-state index contributed by atoms with van der Waals surface area (Å²) in [7, 11) is 0. The zero-order valence-corrected chi connectivity index (χ0v) is 19.3. The number of nitrogens with zero attached hydrogens (tertiary/aromatic N) is 1. The Morgan fingerprint density at radius 1 is 1.03 bits per heavy atom.